The molecule has 4 rings (SSSR count). The van der Waals surface area contributed by atoms with Gasteiger partial charge in [-0.05, 0) is 55.4 Å². The van der Waals surface area contributed by atoms with Crippen LogP contribution in [-0.4, -0.2) is 59.0 Å². The van der Waals surface area contributed by atoms with Crippen LogP contribution in [0, 0.1) is 5.92 Å². The maximum atomic E-state index is 12.9. The fourth-order valence-corrected chi connectivity index (χ4v) is 4.40. The van der Waals surface area contributed by atoms with Crippen LogP contribution in [-0.2, 0) is 4.79 Å². The summed E-state index contributed by atoms with van der Waals surface area (Å²) in [6.45, 7) is 7.14. The summed E-state index contributed by atoms with van der Waals surface area (Å²) < 4.78 is 0. The van der Waals surface area contributed by atoms with Crippen molar-refractivity contribution < 1.29 is 4.79 Å². The first-order chi connectivity index (χ1) is 16.0. The van der Waals surface area contributed by atoms with E-state index in [2.05, 4.69) is 34.0 Å². The average Bonchev–Trinajstić information content (AvgIpc) is 3.65. The molecule has 2 aromatic heterocycles. The number of carbonyl (C=O) groups is 1. The van der Waals surface area contributed by atoms with Crippen molar-refractivity contribution in [2.75, 3.05) is 31.1 Å². The lowest BCUT2D eigenvalue weighted by atomic mass is 10.0. The highest BCUT2D eigenvalue weighted by Gasteiger charge is 2.33. The van der Waals surface area contributed by atoms with Crippen molar-refractivity contribution in [2.24, 2.45) is 5.92 Å². The summed E-state index contributed by atoms with van der Waals surface area (Å²) in [5, 5.41) is 3.30. The zero-order chi connectivity index (χ0) is 23.2. The van der Waals surface area contributed by atoms with Gasteiger partial charge in [0.15, 0.2) is 0 Å². The Balaban J connectivity index is 1.53. The molecular weight excluding hydrogens is 414 g/mol. The Morgan fingerprint density at radius 2 is 2.06 bits per heavy atom. The van der Waals surface area contributed by atoms with Crippen LogP contribution in [0.15, 0.2) is 53.7 Å². The number of carbonyl (C=O) groups excluding carboxylic acids is 1. The number of amides is 1. The van der Waals surface area contributed by atoms with Crippen LogP contribution < -0.4 is 15.8 Å². The van der Waals surface area contributed by atoms with Crippen molar-refractivity contribution in [3.63, 3.8) is 0 Å². The summed E-state index contributed by atoms with van der Waals surface area (Å²) in [6, 6.07) is 6.42. The van der Waals surface area contributed by atoms with Crippen LogP contribution in [0.25, 0.3) is 11.1 Å². The van der Waals surface area contributed by atoms with Crippen LogP contribution in [0.5, 0.6) is 0 Å². The van der Waals surface area contributed by atoms with Crippen molar-refractivity contribution in [2.45, 2.75) is 51.6 Å². The second-order valence-corrected chi connectivity index (χ2v) is 9.48. The number of hydrogen-bond acceptors (Lipinski definition) is 5. The van der Waals surface area contributed by atoms with Crippen molar-refractivity contribution >= 4 is 11.6 Å². The average molecular weight is 450 g/mol. The molecule has 7 heteroatoms. The van der Waals surface area contributed by atoms with Crippen molar-refractivity contribution in [3.05, 3.63) is 59.3 Å². The zero-order valence-electron chi connectivity index (χ0n) is 19.7. The first-order valence-corrected chi connectivity index (χ1v) is 12.1. The molecule has 1 aliphatic carbocycles. The topological polar surface area (TPSA) is 81.3 Å². The Morgan fingerprint density at radius 1 is 1.27 bits per heavy atom. The number of likely N-dealkylation sites (tertiary alicyclic amines) is 1. The lowest BCUT2D eigenvalue weighted by Gasteiger charge is -2.40. The number of pyridine rings is 2. The van der Waals surface area contributed by atoms with E-state index in [1.165, 1.54) is 12.8 Å². The van der Waals surface area contributed by atoms with Gasteiger partial charge in [-0.3, -0.25) is 14.6 Å². The molecule has 1 unspecified atom stereocenters. The predicted octanol–water partition coefficient (Wildman–Crippen LogP) is 3.20. The number of nitrogens with zero attached hydrogens (tertiary/aromatic N) is 3. The van der Waals surface area contributed by atoms with E-state index in [1.54, 1.807) is 24.7 Å². The van der Waals surface area contributed by atoms with Gasteiger partial charge in [-0.15, -0.1) is 0 Å². The number of hydrogen-bond donors (Lipinski definition) is 2. The van der Waals surface area contributed by atoms with Gasteiger partial charge in [-0.1, -0.05) is 19.9 Å². The number of H-pyrrole nitrogens is 1. The summed E-state index contributed by atoms with van der Waals surface area (Å²) in [7, 11) is 0. The molecule has 3 heterocycles. The van der Waals surface area contributed by atoms with Gasteiger partial charge < -0.3 is 20.1 Å². The predicted molar refractivity (Wildman–Crippen MR) is 132 cm³/mol. The molecule has 1 saturated carbocycles. The summed E-state index contributed by atoms with van der Waals surface area (Å²) in [6.07, 6.45) is 13.2. The van der Waals surface area contributed by atoms with Gasteiger partial charge in [-0.2, -0.15) is 0 Å². The fraction of sp³-hybridized carbons (Fsp3) is 0.500. The van der Waals surface area contributed by atoms with E-state index in [-0.39, 0.29) is 17.5 Å². The molecule has 0 spiro atoms. The van der Waals surface area contributed by atoms with Crippen LogP contribution in [0.1, 0.15) is 39.5 Å². The number of anilines is 1. The molecule has 176 valence electrons. The molecule has 1 aliphatic heterocycles. The third kappa shape index (κ3) is 6.32. The van der Waals surface area contributed by atoms with Crippen LogP contribution in [0.4, 0.5) is 5.69 Å². The third-order valence-electron chi connectivity index (χ3n) is 6.41. The summed E-state index contributed by atoms with van der Waals surface area (Å²) in [5.41, 5.74) is 2.62. The first kappa shape index (κ1) is 23.2. The van der Waals surface area contributed by atoms with E-state index < -0.39 is 0 Å². The smallest absolute Gasteiger partial charge is 0.271 e. The summed E-state index contributed by atoms with van der Waals surface area (Å²) in [4.78, 5) is 37.0. The molecule has 1 amide bonds. The number of piperidine rings is 1. The van der Waals surface area contributed by atoms with Crippen molar-refractivity contribution in [1.29, 1.82) is 0 Å². The van der Waals surface area contributed by atoms with Gasteiger partial charge in [0.2, 0.25) is 5.91 Å². The van der Waals surface area contributed by atoms with E-state index in [1.807, 2.05) is 29.2 Å². The molecular formula is C26H35N5O2. The Hall–Kier alpha value is -2.93. The van der Waals surface area contributed by atoms with Gasteiger partial charge >= 0.3 is 0 Å². The third-order valence-corrected chi connectivity index (χ3v) is 6.41. The van der Waals surface area contributed by atoms with Gasteiger partial charge in [0.1, 0.15) is 5.69 Å². The Bertz CT molecular complexity index is 1010. The highest BCUT2D eigenvalue weighted by Crippen LogP contribution is 2.33. The maximum absolute atomic E-state index is 12.9. The van der Waals surface area contributed by atoms with Crippen LogP contribution in [0.3, 0.4) is 0 Å². The molecule has 1 atom stereocenters. The van der Waals surface area contributed by atoms with E-state index in [0.29, 0.717) is 30.7 Å². The molecule has 2 N–H and O–H groups in total. The van der Waals surface area contributed by atoms with E-state index in [4.69, 9.17) is 0 Å². The quantitative estimate of drug-likeness (QED) is 0.575. The van der Waals surface area contributed by atoms with E-state index >= 15 is 0 Å². The lowest BCUT2D eigenvalue weighted by molar-refractivity contribution is -0.127. The van der Waals surface area contributed by atoms with Crippen molar-refractivity contribution in [1.82, 2.24) is 20.2 Å². The summed E-state index contributed by atoms with van der Waals surface area (Å²) >= 11 is 0. The molecule has 2 aromatic rings. The Labute approximate surface area is 195 Å². The molecule has 33 heavy (non-hydrogen) atoms. The molecule has 0 aromatic carbocycles. The second kappa shape index (κ2) is 10.8. The molecule has 1 saturated heterocycles. The molecule has 7 nitrogen and oxygen atoms in total. The number of rotatable bonds is 9. The van der Waals surface area contributed by atoms with Crippen LogP contribution in [0.2, 0.25) is 0 Å². The second-order valence-electron chi connectivity index (χ2n) is 9.48. The molecule has 2 aliphatic rings. The Kier molecular flexibility index (Phi) is 7.60. The fourth-order valence-electron chi connectivity index (χ4n) is 4.40. The standard InChI is InChI=1S/C26H35N5O2/c1-19(2)28-11-3-6-25(32)30-14-4-5-23(18-30)31(17-20-7-8-20)24-15-22(16-29-26(24)33)21-9-12-27-13-10-21/h3,6,9-10,12-13,15-16,19-20,23,28H,4-5,7-8,11,14,17-18H2,1-2H3,(H,29,33). The normalized spacial score (nSPS) is 18.8. The highest BCUT2D eigenvalue weighted by molar-refractivity contribution is 5.87. The summed E-state index contributed by atoms with van der Waals surface area (Å²) in [5.74, 6) is 0.679. The van der Waals surface area contributed by atoms with Gasteiger partial charge in [-0.25, -0.2) is 0 Å². The number of nitrogens with one attached hydrogen (secondary N) is 2. The highest BCUT2D eigenvalue weighted by atomic mass is 16.2. The van der Waals surface area contributed by atoms with E-state index in [9.17, 15) is 9.59 Å². The van der Waals surface area contributed by atoms with Gasteiger partial charge in [0, 0.05) is 68.5 Å². The zero-order valence-corrected chi connectivity index (χ0v) is 19.7. The SMILES string of the molecule is CC(C)NCC=CC(=O)N1CCCC(N(CC2CC2)c2cc(-c3ccncc3)c[nH]c2=O)C1. The molecule has 2 fully saturated rings. The van der Waals surface area contributed by atoms with E-state index in [0.717, 1.165) is 37.1 Å². The van der Waals surface area contributed by atoms with Crippen molar-refractivity contribution in [3.8, 4) is 11.1 Å². The number of aromatic nitrogens is 2. The largest absolute Gasteiger partial charge is 0.362 e. The minimum absolute atomic E-state index is 0.0519. The maximum Gasteiger partial charge on any atom is 0.271 e. The number of aromatic amines is 1. The lowest BCUT2D eigenvalue weighted by Crippen LogP contribution is -2.51. The van der Waals surface area contributed by atoms with Gasteiger partial charge in [0.25, 0.3) is 5.56 Å². The molecule has 0 bridgehead atoms. The first-order valence-electron chi connectivity index (χ1n) is 12.1. The van der Waals surface area contributed by atoms with Gasteiger partial charge in [0.05, 0.1) is 0 Å². The monoisotopic (exact) mass is 449 g/mol. The minimum Gasteiger partial charge on any atom is -0.362 e. The Morgan fingerprint density at radius 3 is 2.79 bits per heavy atom. The minimum atomic E-state index is -0.0726. The van der Waals surface area contributed by atoms with Crippen LogP contribution >= 0.6 is 0 Å². The molecule has 0 radical (unpaired) electrons.